The van der Waals surface area contributed by atoms with Crippen molar-refractivity contribution in [3.05, 3.63) is 41.6 Å². The van der Waals surface area contributed by atoms with Crippen molar-refractivity contribution < 1.29 is 4.74 Å². The van der Waals surface area contributed by atoms with Crippen LogP contribution in [0.4, 0.5) is 17.5 Å². The molecule has 0 radical (unpaired) electrons. The van der Waals surface area contributed by atoms with Gasteiger partial charge in [0.05, 0.1) is 10.7 Å². The number of halogens is 1. The Kier molecular flexibility index (Phi) is 5.58. The molecule has 0 saturated heterocycles. The molecule has 2 aromatic rings. The number of benzene rings is 1. The van der Waals surface area contributed by atoms with Crippen molar-refractivity contribution in [3.8, 4) is 0 Å². The molecular weight excluding hydrogens is 276 g/mol. The van der Waals surface area contributed by atoms with E-state index in [2.05, 4.69) is 20.6 Å². The second-order valence-electron chi connectivity index (χ2n) is 4.14. The molecule has 0 aliphatic heterocycles. The first kappa shape index (κ1) is 14.6. The van der Waals surface area contributed by atoms with Gasteiger partial charge in [-0.15, -0.1) is 0 Å². The lowest BCUT2D eigenvalue weighted by molar-refractivity contribution is 0.197. The van der Waals surface area contributed by atoms with E-state index in [1.54, 1.807) is 19.4 Å². The van der Waals surface area contributed by atoms with Crippen LogP contribution in [0.2, 0.25) is 5.02 Å². The molecule has 2 N–H and O–H groups in total. The fourth-order valence-electron chi connectivity index (χ4n) is 1.63. The van der Waals surface area contributed by atoms with E-state index in [-0.39, 0.29) is 0 Å². The van der Waals surface area contributed by atoms with Crippen molar-refractivity contribution in [1.29, 1.82) is 0 Å². The molecule has 6 heteroatoms. The van der Waals surface area contributed by atoms with Crippen LogP contribution in [-0.4, -0.2) is 30.2 Å². The summed E-state index contributed by atoms with van der Waals surface area (Å²) in [6.45, 7) is 1.48. The molecule has 0 aliphatic carbocycles. The maximum absolute atomic E-state index is 6.10. The van der Waals surface area contributed by atoms with E-state index in [4.69, 9.17) is 16.3 Å². The highest BCUT2D eigenvalue weighted by Gasteiger charge is 2.02. The van der Waals surface area contributed by atoms with Crippen LogP contribution in [0.25, 0.3) is 0 Å². The average molecular weight is 293 g/mol. The van der Waals surface area contributed by atoms with Gasteiger partial charge in [0.1, 0.15) is 5.82 Å². The van der Waals surface area contributed by atoms with E-state index < -0.39 is 0 Å². The van der Waals surface area contributed by atoms with Crippen LogP contribution in [0.5, 0.6) is 0 Å². The van der Waals surface area contributed by atoms with Gasteiger partial charge < -0.3 is 15.4 Å². The first-order valence-electron chi connectivity index (χ1n) is 6.37. The summed E-state index contributed by atoms with van der Waals surface area (Å²) in [6, 6.07) is 9.32. The third-order valence-corrected chi connectivity index (χ3v) is 2.93. The normalized spacial score (nSPS) is 10.3. The van der Waals surface area contributed by atoms with Crippen LogP contribution < -0.4 is 10.6 Å². The summed E-state index contributed by atoms with van der Waals surface area (Å²) in [4.78, 5) is 8.54. The molecule has 5 nitrogen and oxygen atoms in total. The number of ether oxygens (including phenoxy) is 1. The number of hydrogen-bond acceptors (Lipinski definition) is 5. The van der Waals surface area contributed by atoms with E-state index in [0.717, 1.165) is 18.7 Å². The molecule has 0 atom stereocenters. The SMILES string of the molecule is COCCCNc1nccc(Nc2ccccc2Cl)n1. The molecule has 0 bridgehead atoms. The smallest absolute Gasteiger partial charge is 0.224 e. The summed E-state index contributed by atoms with van der Waals surface area (Å²) in [5.74, 6) is 1.28. The van der Waals surface area contributed by atoms with E-state index in [9.17, 15) is 0 Å². The van der Waals surface area contributed by atoms with Crippen LogP contribution in [0, 0.1) is 0 Å². The molecule has 1 aromatic carbocycles. The average Bonchev–Trinajstić information content (AvgIpc) is 2.47. The predicted octanol–water partition coefficient (Wildman–Crippen LogP) is 3.32. The van der Waals surface area contributed by atoms with Gasteiger partial charge in [-0.3, -0.25) is 0 Å². The fourth-order valence-corrected chi connectivity index (χ4v) is 1.81. The second-order valence-corrected chi connectivity index (χ2v) is 4.55. The number of hydrogen-bond donors (Lipinski definition) is 2. The lowest BCUT2D eigenvalue weighted by atomic mass is 10.3. The monoisotopic (exact) mass is 292 g/mol. The number of anilines is 3. The van der Waals surface area contributed by atoms with Gasteiger partial charge in [-0.1, -0.05) is 23.7 Å². The Morgan fingerprint density at radius 2 is 2.10 bits per heavy atom. The quantitative estimate of drug-likeness (QED) is 0.767. The standard InChI is InChI=1S/C14H17ClN4O/c1-20-10-4-8-16-14-17-9-7-13(19-14)18-12-6-3-2-5-11(12)15/h2-3,5-7,9H,4,8,10H2,1H3,(H2,16,17,18,19). The minimum absolute atomic E-state index is 0.582. The molecule has 106 valence electrons. The molecule has 20 heavy (non-hydrogen) atoms. The highest BCUT2D eigenvalue weighted by molar-refractivity contribution is 6.33. The number of methoxy groups -OCH3 is 1. The maximum Gasteiger partial charge on any atom is 0.224 e. The van der Waals surface area contributed by atoms with Gasteiger partial charge in [0.25, 0.3) is 0 Å². The zero-order chi connectivity index (χ0) is 14.2. The number of rotatable bonds is 7. The highest BCUT2D eigenvalue weighted by Crippen LogP contribution is 2.23. The van der Waals surface area contributed by atoms with Gasteiger partial charge in [0.2, 0.25) is 5.95 Å². The van der Waals surface area contributed by atoms with Crippen molar-refractivity contribution in [2.45, 2.75) is 6.42 Å². The molecule has 0 aliphatic rings. The molecule has 1 aromatic heterocycles. The van der Waals surface area contributed by atoms with Crippen LogP contribution in [0.15, 0.2) is 36.5 Å². The zero-order valence-electron chi connectivity index (χ0n) is 11.3. The minimum Gasteiger partial charge on any atom is -0.385 e. The van der Waals surface area contributed by atoms with Gasteiger partial charge in [-0.2, -0.15) is 4.98 Å². The van der Waals surface area contributed by atoms with E-state index in [1.807, 2.05) is 24.3 Å². The number of nitrogens with one attached hydrogen (secondary N) is 2. The van der Waals surface area contributed by atoms with Crippen molar-refractivity contribution in [1.82, 2.24) is 9.97 Å². The van der Waals surface area contributed by atoms with Gasteiger partial charge >= 0.3 is 0 Å². The van der Waals surface area contributed by atoms with Crippen molar-refractivity contribution in [2.75, 3.05) is 30.9 Å². The van der Waals surface area contributed by atoms with E-state index in [1.165, 1.54) is 0 Å². The Morgan fingerprint density at radius 3 is 2.90 bits per heavy atom. The summed E-state index contributed by atoms with van der Waals surface area (Å²) in [6.07, 6.45) is 2.60. The summed E-state index contributed by atoms with van der Waals surface area (Å²) < 4.78 is 4.99. The van der Waals surface area contributed by atoms with Crippen molar-refractivity contribution in [2.24, 2.45) is 0 Å². The molecule has 0 spiro atoms. The minimum atomic E-state index is 0.582. The summed E-state index contributed by atoms with van der Waals surface area (Å²) in [5.41, 5.74) is 0.818. The molecule has 2 rings (SSSR count). The lowest BCUT2D eigenvalue weighted by Gasteiger charge is -2.09. The summed E-state index contributed by atoms with van der Waals surface area (Å²) in [5, 5.41) is 6.96. The second kappa shape index (κ2) is 7.67. The van der Waals surface area contributed by atoms with Crippen LogP contribution >= 0.6 is 11.6 Å². The van der Waals surface area contributed by atoms with Crippen LogP contribution in [0.3, 0.4) is 0 Å². The Morgan fingerprint density at radius 1 is 1.25 bits per heavy atom. The van der Waals surface area contributed by atoms with Crippen LogP contribution in [0.1, 0.15) is 6.42 Å². The first-order valence-corrected chi connectivity index (χ1v) is 6.75. The maximum atomic E-state index is 6.10. The van der Waals surface area contributed by atoms with Crippen molar-refractivity contribution in [3.63, 3.8) is 0 Å². The first-order chi connectivity index (χ1) is 9.79. The highest BCUT2D eigenvalue weighted by atomic mass is 35.5. The Hall–Kier alpha value is -1.85. The van der Waals surface area contributed by atoms with Gasteiger partial charge in [-0.05, 0) is 24.6 Å². The summed E-state index contributed by atoms with van der Waals surface area (Å²) >= 11 is 6.10. The Bertz CT molecular complexity index is 550. The topological polar surface area (TPSA) is 59.1 Å². The molecule has 0 amide bonds. The van der Waals surface area contributed by atoms with Gasteiger partial charge in [-0.25, -0.2) is 4.98 Å². The van der Waals surface area contributed by atoms with Crippen molar-refractivity contribution >= 4 is 29.1 Å². The summed E-state index contributed by atoms with van der Waals surface area (Å²) in [7, 11) is 1.69. The Balaban J connectivity index is 1.97. The number of para-hydroxylation sites is 1. The van der Waals surface area contributed by atoms with E-state index in [0.29, 0.717) is 23.4 Å². The molecule has 1 heterocycles. The van der Waals surface area contributed by atoms with E-state index >= 15 is 0 Å². The van der Waals surface area contributed by atoms with Crippen LogP contribution in [-0.2, 0) is 4.74 Å². The third kappa shape index (κ3) is 4.36. The largest absolute Gasteiger partial charge is 0.385 e. The molecule has 0 saturated carbocycles. The number of aromatic nitrogens is 2. The van der Waals surface area contributed by atoms with Gasteiger partial charge in [0.15, 0.2) is 0 Å². The predicted molar refractivity (Wildman–Crippen MR) is 81.7 cm³/mol. The lowest BCUT2D eigenvalue weighted by Crippen LogP contribution is -2.08. The third-order valence-electron chi connectivity index (χ3n) is 2.60. The molecule has 0 fully saturated rings. The molecule has 0 unspecified atom stereocenters. The zero-order valence-corrected chi connectivity index (χ0v) is 12.0. The number of nitrogens with zero attached hydrogens (tertiary/aromatic N) is 2. The molecular formula is C14H17ClN4O. The van der Waals surface area contributed by atoms with Gasteiger partial charge in [0, 0.05) is 26.5 Å². The fraction of sp³-hybridized carbons (Fsp3) is 0.286. The Labute approximate surface area is 123 Å².